The molecule has 0 aliphatic rings. The summed E-state index contributed by atoms with van der Waals surface area (Å²) in [6.45, 7) is 1.59. The average molecular weight is 293 g/mol. The first-order chi connectivity index (χ1) is 9.40. The predicted octanol–water partition coefficient (Wildman–Crippen LogP) is 1.28. The van der Waals surface area contributed by atoms with Crippen LogP contribution >= 0.6 is 0 Å². The van der Waals surface area contributed by atoms with Crippen molar-refractivity contribution < 1.29 is 18.3 Å². The number of aromatic nitrogens is 2. The topological polar surface area (TPSA) is 109 Å². The summed E-state index contributed by atoms with van der Waals surface area (Å²) >= 11 is 0. The highest BCUT2D eigenvalue weighted by atomic mass is 32.2. The Hall–Kier alpha value is -2.48. The van der Waals surface area contributed by atoms with Crippen molar-refractivity contribution in [1.82, 2.24) is 9.97 Å². The Morgan fingerprint density at radius 2 is 1.90 bits per heavy atom. The molecule has 0 unspecified atom stereocenters. The zero-order valence-corrected chi connectivity index (χ0v) is 11.3. The predicted molar refractivity (Wildman–Crippen MR) is 71.0 cm³/mol. The summed E-state index contributed by atoms with van der Waals surface area (Å²) in [4.78, 5) is 18.4. The van der Waals surface area contributed by atoms with Gasteiger partial charge < -0.3 is 5.11 Å². The number of anilines is 1. The second kappa shape index (κ2) is 5.25. The normalized spacial score (nSPS) is 11.1. The van der Waals surface area contributed by atoms with Gasteiger partial charge in [-0.1, -0.05) is 6.07 Å². The van der Waals surface area contributed by atoms with Crippen LogP contribution in [0.3, 0.4) is 0 Å². The smallest absolute Gasteiger partial charge is 0.335 e. The fraction of sp³-hybridized carbons (Fsp3) is 0.0833. The van der Waals surface area contributed by atoms with E-state index >= 15 is 0 Å². The van der Waals surface area contributed by atoms with Crippen molar-refractivity contribution in [1.29, 1.82) is 0 Å². The molecule has 2 N–H and O–H groups in total. The van der Waals surface area contributed by atoms with E-state index in [1.54, 1.807) is 13.0 Å². The van der Waals surface area contributed by atoms with E-state index in [-0.39, 0.29) is 16.4 Å². The minimum absolute atomic E-state index is 0.0677. The molecular weight excluding hydrogens is 282 g/mol. The molecule has 0 bridgehead atoms. The third kappa shape index (κ3) is 2.91. The summed E-state index contributed by atoms with van der Waals surface area (Å²) in [5, 5.41) is 9.01. The molecule has 7 nitrogen and oxygen atoms in total. The quantitative estimate of drug-likeness (QED) is 0.879. The molecule has 1 aromatic carbocycles. The number of rotatable bonds is 4. The number of hydrogen-bond donors (Lipinski definition) is 2. The number of benzene rings is 1. The zero-order valence-electron chi connectivity index (χ0n) is 10.4. The van der Waals surface area contributed by atoms with Crippen LogP contribution < -0.4 is 4.72 Å². The van der Waals surface area contributed by atoms with Gasteiger partial charge in [0.25, 0.3) is 10.0 Å². The standard InChI is InChI=1S/C12H11N3O4S/c1-8-3-4-9(7-10(8)11(16)17)20(18,19)15-12-13-5-2-6-14-12/h2-7H,1H3,(H,16,17)(H,13,14,15). The Morgan fingerprint density at radius 3 is 2.50 bits per heavy atom. The molecular formula is C12H11N3O4S. The van der Waals surface area contributed by atoms with Crippen molar-refractivity contribution in [3.8, 4) is 0 Å². The van der Waals surface area contributed by atoms with Crippen molar-refractivity contribution in [2.75, 3.05) is 4.72 Å². The maximum Gasteiger partial charge on any atom is 0.335 e. The molecule has 0 aliphatic carbocycles. The van der Waals surface area contributed by atoms with E-state index in [0.29, 0.717) is 5.56 Å². The van der Waals surface area contributed by atoms with Crippen LogP contribution in [0.25, 0.3) is 0 Å². The van der Waals surface area contributed by atoms with Crippen LogP contribution in [0, 0.1) is 6.92 Å². The molecule has 1 aromatic heterocycles. The van der Waals surface area contributed by atoms with Crippen LogP contribution in [0.4, 0.5) is 5.95 Å². The van der Waals surface area contributed by atoms with Gasteiger partial charge in [-0.3, -0.25) is 0 Å². The van der Waals surface area contributed by atoms with Gasteiger partial charge in [0.05, 0.1) is 10.5 Å². The Bertz CT molecular complexity index is 745. The minimum atomic E-state index is -3.92. The highest BCUT2D eigenvalue weighted by Crippen LogP contribution is 2.17. The fourth-order valence-corrected chi connectivity index (χ4v) is 2.51. The summed E-state index contributed by atoms with van der Waals surface area (Å²) in [7, 11) is -3.92. The fourth-order valence-electron chi connectivity index (χ4n) is 1.53. The third-order valence-electron chi connectivity index (χ3n) is 2.54. The minimum Gasteiger partial charge on any atom is -0.478 e. The maximum absolute atomic E-state index is 12.1. The number of aryl methyl sites for hydroxylation is 1. The summed E-state index contributed by atoms with van der Waals surface area (Å²) < 4.78 is 26.4. The van der Waals surface area contributed by atoms with Crippen molar-refractivity contribution in [3.63, 3.8) is 0 Å². The van der Waals surface area contributed by atoms with Crippen LogP contribution in [0.5, 0.6) is 0 Å². The summed E-state index contributed by atoms with van der Waals surface area (Å²) in [6.07, 6.45) is 2.78. The lowest BCUT2D eigenvalue weighted by molar-refractivity contribution is 0.0696. The molecule has 0 atom stereocenters. The second-order valence-electron chi connectivity index (χ2n) is 3.96. The Kier molecular flexibility index (Phi) is 3.66. The Labute approximate surface area is 115 Å². The third-order valence-corrected chi connectivity index (χ3v) is 3.87. The van der Waals surface area contributed by atoms with E-state index in [9.17, 15) is 13.2 Å². The first-order valence-electron chi connectivity index (χ1n) is 5.54. The number of nitrogens with one attached hydrogen (secondary N) is 1. The highest BCUT2D eigenvalue weighted by molar-refractivity contribution is 7.92. The van der Waals surface area contributed by atoms with Gasteiger partial charge >= 0.3 is 5.97 Å². The first kappa shape index (κ1) is 13.9. The van der Waals surface area contributed by atoms with E-state index in [1.807, 2.05) is 0 Å². The number of sulfonamides is 1. The largest absolute Gasteiger partial charge is 0.478 e. The Balaban J connectivity index is 2.40. The molecule has 0 radical (unpaired) electrons. The molecule has 0 saturated heterocycles. The van der Waals surface area contributed by atoms with Crippen LogP contribution in [-0.2, 0) is 10.0 Å². The molecule has 8 heteroatoms. The van der Waals surface area contributed by atoms with Crippen molar-refractivity contribution >= 4 is 21.9 Å². The SMILES string of the molecule is Cc1ccc(S(=O)(=O)Nc2ncccn2)cc1C(=O)O. The number of nitrogens with zero attached hydrogens (tertiary/aromatic N) is 2. The number of carboxylic acid groups (broad SMARTS) is 1. The van der Waals surface area contributed by atoms with Crippen molar-refractivity contribution in [2.45, 2.75) is 11.8 Å². The lowest BCUT2D eigenvalue weighted by Crippen LogP contribution is -2.15. The van der Waals surface area contributed by atoms with E-state index in [0.717, 1.165) is 6.07 Å². The molecule has 2 rings (SSSR count). The molecule has 0 fully saturated rings. The average Bonchev–Trinajstić information content (AvgIpc) is 2.39. The molecule has 0 saturated carbocycles. The zero-order chi connectivity index (χ0) is 14.8. The Morgan fingerprint density at radius 1 is 1.25 bits per heavy atom. The van der Waals surface area contributed by atoms with Gasteiger partial charge in [0.2, 0.25) is 5.95 Å². The lowest BCUT2D eigenvalue weighted by Gasteiger charge is -2.08. The van der Waals surface area contributed by atoms with Crippen LogP contribution in [-0.4, -0.2) is 29.5 Å². The van der Waals surface area contributed by atoms with Gasteiger partial charge in [-0.15, -0.1) is 0 Å². The van der Waals surface area contributed by atoms with Gasteiger partial charge in [0.15, 0.2) is 0 Å². The van der Waals surface area contributed by atoms with Crippen LogP contribution in [0.2, 0.25) is 0 Å². The van der Waals surface area contributed by atoms with E-state index in [2.05, 4.69) is 14.7 Å². The number of aromatic carboxylic acids is 1. The van der Waals surface area contributed by atoms with Gasteiger partial charge in [0.1, 0.15) is 0 Å². The number of carbonyl (C=O) groups is 1. The molecule has 0 aliphatic heterocycles. The molecule has 2 aromatic rings. The molecule has 0 spiro atoms. The number of carboxylic acids is 1. The second-order valence-corrected chi connectivity index (χ2v) is 5.64. The first-order valence-corrected chi connectivity index (χ1v) is 7.02. The van der Waals surface area contributed by atoms with Gasteiger partial charge in [0, 0.05) is 12.4 Å². The molecule has 1 heterocycles. The molecule has 104 valence electrons. The van der Waals surface area contributed by atoms with Gasteiger partial charge in [-0.05, 0) is 30.7 Å². The highest BCUT2D eigenvalue weighted by Gasteiger charge is 2.18. The van der Waals surface area contributed by atoms with Gasteiger partial charge in [-0.25, -0.2) is 27.9 Å². The summed E-state index contributed by atoms with van der Waals surface area (Å²) in [5.74, 6) is -1.26. The monoisotopic (exact) mass is 293 g/mol. The molecule has 20 heavy (non-hydrogen) atoms. The summed E-state index contributed by atoms with van der Waals surface area (Å²) in [5.41, 5.74) is 0.411. The van der Waals surface area contributed by atoms with Crippen LogP contribution in [0.15, 0.2) is 41.6 Å². The van der Waals surface area contributed by atoms with E-state index < -0.39 is 16.0 Å². The number of hydrogen-bond acceptors (Lipinski definition) is 5. The van der Waals surface area contributed by atoms with Crippen molar-refractivity contribution in [2.24, 2.45) is 0 Å². The maximum atomic E-state index is 12.1. The van der Waals surface area contributed by atoms with Gasteiger partial charge in [-0.2, -0.15) is 0 Å². The van der Waals surface area contributed by atoms with E-state index in [4.69, 9.17) is 5.11 Å². The summed E-state index contributed by atoms with van der Waals surface area (Å²) in [6, 6.07) is 5.41. The lowest BCUT2D eigenvalue weighted by atomic mass is 10.1. The molecule has 0 amide bonds. The van der Waals surface area contributed by atoms with Crippen molar-refractivity contribution in [3.05, 3.63) is 47.8 Å². The van der Waals surface area contributed by atoms with E-state index in [1.165, 1.54) is 24.5 Å². The van der Waals surface area contributed by atoms with Crippen LogP contribution in [0.1, 0.15) is 15.9 Å².